The molecule has 3 amide bonds. The number of amides is 3. The fourth-order valence-corrected chi connectivity index (χ4v) is 5.93. The molecule has 18 heteroatoms. The number of carbonyl (C=O) groups excluding carboxylic acids is 4. The molecule has 53 heavy (non-hydrogen) atoms. The summed E-state index contributed by atoms with van der Waals surface area (Å²) in [4.78, 5) is 62.5. The lowest BCUT2D eigenvalue weighted by Crippen LogP contribution is -2.47. The van der Waals surface area contributed by atoms with Gasteiger partial charge in [-0.25, -0.2) is 4.79 Å². The number of hydrogen-bond donors (Lipinski definition) is 5. The van der Waals surface area contributed by atoms with Gasteiger partial charge in [0.2, 0.25) is 11.9 Å². The predicted octanol–water partition coefficient (Wildman–Crippen LogP) is 4.78. The van der Waals surface area contributed by atoms with Gasteiger partial charge in [-0.05, 0) is 92.8 Å². The smallest absolute Gasteiger partial charge is 0.422 e. The van der Waals surface area contributed by atoms with Crippen LogP contribution in [-0.4, -0.2) is 77.2 Å². The van der Waals surface area contributed by atoms with Gasteiger partial charge in [0.05, 0.1) is 12.6 Å². The molecule has 2 aliphatic rings. The van der Waals surface area contributed by atoms with Crippen molar-refractivity contribution in [3.05, 3.63) is 64.7 Å². The van der Waals surface area contributed by atoms with Gasteiger partial charge in [0.25, 0.3) is 5.91 Å². The highest BCUT2D eigenvalue weighted by Gasteiger charge is 2.45. The molecule has 1 aromatic heterocycles. The molecule has 14 nitrogen and oxygen atoms in total. The molecule has 0 unspecified atom stereocenters. The van der Waals surface area contributed by atoms with Crippen molar-refractivity contribution in [2.24, 2.45) is 5.92 Å². The third-order valence-electron chi connectivity index (χ3n) is 8.95. The maximum atomic E-state index is 13.1. The fraction of sp³-hybridized carbons (Fsp3) is 0.457. The van der Waals surface area contributed by atoms with Gasteiger partial charge in [-0.1, -0.05) is 30.7 Å². The summed E-state index contributed by atoms with van der Waals surface area (Å²) in [5.41, 5.74) is 0.873. The van der Waals surface area contributed by atoms with Crippen molar-refractivity contribution in [3.8, 4) is 6.01 Å². The number of rotatable bonds is 14. The van der Waals surface area contributed by atoms with Crippen molar-refractivity contribution in [2.45, 2.75) is 75.7 Å². The Morgan fingerprint density at radius 1 is 0.925 bits per heavy atom. The second-order valence-electron chi connectivity index (χ2n) is 13.1. The van der Waals surface area contributed by atoms with Crippen LogP contribution in [0, 0.1) is 5.92 Å². The topological polar surface area (TPSA) is 186 Å². The molecule has 3 aromatic rings. The largest absolute Gasteiger partial charge is 0.467 e. The molecule has 2 aromatic carbocycles. The number of benzene rings is 2. The van der Waals surface area contributed by atoms with E-state index in [9.17, 15) is 32.3 Å². The van der Waals surface area contributed by atoms with E-state index in [4.69, 9.17) is 21.1 Å². The molecule has 2 fully saturated rings. The maximum absolute atomic E-state index is 13.1. The van der Waals surface area contributed by atoms with E-state index >= 15 is 0 Å². The van der Waals surface area contributed by atoms with E-state index in [-0.39, 0.29) is 36.5 Å². The molecule has 0 bridgehead atoms. The summed E-state index contributed by atoms with van der Waals surface area (Å²) < 4.78 is 48.5. The van der Waals surface area contributed by atoms with Gasteiger partial charge in [-0.15, -0.1) is 0 Å². The van der Waals surface area contributed by atoms with Crippen molar-refractivity contribution < 1.29 is 41.8 Å². The number of nitrogens with zero attached hydrogens (tertiary/aromatic N) is 3. The maximum Gasteiger partial charge on any atom is 0.422 e. The van der Waals surface area contributed by atoms with Gasteiger partial charge in [0, 0.05) is 28.9 Å². The van der Waals surface area contributed by atoms with Crippen LogP contribution >= 0.6 is 11.6 Å². The molecule has 0 saturated heterocycles. The Kier molecular flexibility index (Phi) is 12.6. The standard InChI is InChI=1S/C35H40ClF3N8O6/c1-20-3-11-24(12-4-20)41-29(50)28(49)40-18-15-26(30(51)52-2)43-27(48)21-5-13-25(14-6-21)42-31-44-32(46-33(45-31)53-19-35(37,38)39)47-34(16-17-34)22-7-9-23(36)10-8-22/h5-10,13-14,20,24,26H,3-4,11-12,15-19H2,1-2H3,(H,40,49)(H,41,50)(H,43,48)(H2,42,44,45,46,47)/t20?,24?,26-/m0/s1. The van der Waals surface area contributed by atoms with Crippen molar-refractivity contribution in [3.63, 3.8) is 0 Å². The van der Waals surface area contributed by atoms with Crippen molar-refractivity contribution in [1.29, 1.82) is 0 Å². The Bertz CT molecular complexity index is 1770. The number of carbonyl (C=O) groups is 4. The van der Waals surface area contributed by atoms with E-state index in [1.807, 2.05) is 12.1 Å². The van der Waals surface area contributed by atoms with Gasteiger partial charge in [-0.2, -0.15) is 28.1 Å². The van der Waals surface area contributed by atoms with Crippen LogP contribution in [0.1, 0.15) is 67.8 Å². The molecular weight excluding hydrogens is 721 g/mol. The zero-order chi connectivity index (χ0) is 38.2. The molecule has 0 spiro atoms. The average molecular weight is 761 g/mol. The van der Waals surface area contributed by atoms with Crippen molar-refractivity contribution >= 4 is 52.9 Å². The summed E-state index contributed by atoms with van der Waals surface area (Å²) in [6.45, 7) is 0.445. The minimum atomic E-state index is -4.63. The van der Waals surface area contributed by atoms with Gasteiger partial charge < -0.3 is 36.1 Å². The third kappa shape index (κ3) is 11.4. The van der Waals surface area contributed by atoms with E-state index in [1.165, 1.54) is 24.3 Å². The number of hydrogen-bond acceptors (Lipinski definition) is 11. The van der Waals surface area contributed by atoms with Crippen molar-refractivity contribution in [1.82, 2.24) is 30.9 Å². The van der Waals surface area contributed by atoms with E-state index in [1.54, 1.807) is 12.1 Å². The van der Waals surface area contributed by atoms with Gasteiger partial charge >= 0.3 is 30.0 Å². The van der Waals surface area contributed by atoms with E-state index < -0.39 is 54.1 Å². The second-order valence-corrected chi connectivity index (χ2v) is 13.5. The number of anilines is 3. The first-order valence-corrected chi connectivity index (χ1v) is 17.4. The van der Waals surface area contributed by atoms with Gasteiger partial charge in [0.15, 0.2) is 6.61 Å². The molecule has 0 radical (unpaired) electrons. The first-order chi connectivity index (χ1) is 25.2. The summed E-state index contributed by atoms with van der Waals surface area (Å²) >= 11 is 6.03. The van der Waals surface area contributed by atoms with Crippen LogP contribution in [0.4, 0.5) is 30.8 Å². The van der Waals surface area contributed by atoms with Crippen molar-refractivity contribution in [2.75, 3.05) is 30.9 Å². The van der Waals surface area contributed by atoms with Crippen LogP contribution in [0.5, 0.6) is 6.01 Å². The molecule has 5 N–H and O–H groups in total. The third-order valence-corrected chi connectivity index (χ3v) is 9.20. The number of halogens is 4. The highest BCUT2D eigenvalue weighted by molar-refractivity contribution is 6.35. The Morgan fingerprint density at radius 3 is 2.21 bits per heavy atom. The quantitative estimate of drug-likeness (QED) is 0.113. The lowest BCUT2D eigenvalue weighted by Gasteiger charge is -2.26. The monoisotopic (exact) mass is 760 g/mol. The summed E-state index contributed by atoms with van der Waals surface area (Å²) in [6, 6.07) is 11.3. The summed E-state index contributed by atoms with van der Waals surface area (Å²) in [5.74, 6) is -2.53. The number of ether oxygens (including phenoxy) is 2. The van der Waals surface area contributed by atoms with Crippen LogP contribution < -0.4 is 31.3 Å². The number of esters is 1. The lowest BCUT2D eigenvalue weighted by molar-refractivity contribution is -0.154. The Morgan fingerprint density at radius 2 is 1.58 bits per heavy atom. The highest BCUT2D eigenvalue weighted by atomic mass is 35.5. The van der Waals surface area contributed by atoms with Crippen LogP contribution in [0.25, 0.3) is 0 Å². The average Bonchev–Trinajstić information content (AvgIpc) is 3.91. The summed E-state index contributed by atoms with van der Waals surface area (Å²) in [6.07, 6.45) is 0.307. The molecule has 1 heterocycles. The number of alkyl halides is 3. The van der Waals surface area contributed by atoms with E-state index in [0.717, 1.165) is 38.4 Å². The highest BCUT2D eigenvalue weighted by Crippen LogP contribution is 2.48. The second kappa shape index (κ2) is 17.1. The first kappa shape index (κ1) is 39.0. The Balaban J connectivity index is 1.19. The number of nitrogens with one attached hydrogen (secondary N) is 5. The minimum Gasteiger partial charge on any atom is -0.467 e. The molecule has 284 valence electrons. The van der Waals surface area contributed by atoms with Crippen LogP contribution in [0.3, 0.4) is 0 Å². The number of aromatic nitrogens is 3. The molecular formula is C35H40ClF3N8O6. The zero-order valence-electron chi connectivity index (χ0n) is 29.0. The molecule has 0 aliphatic heterocycles. The summed E-state index contributed by atoms with van der Waals surface area (Å²) in [7, 11) is 1.16. The molecule has 2 aliphatic carbocycles. The Labute approximate surface area is 308 Å². The molecule has 1 atom stereocenters. The Hall–Kier alpha value is -5.19. The van der Waals surface area contributed by atoms with Crippen LogP contribution in [-0.2, 0) is 24.7 Å². The van der Waals surface area contributed by atoms with E-state index in [0.29, 0.717) is 29.5 Å². The predicted molar refractivity (Wildman–Crippen MR) is 188 cm³/mol. The number of methoxy groups -OCH3 is 1. The van der Waals surface area contributed by atoms with Gasteiger partial charge in [0.1, 0.15) is 6.04 Å². The van der Waals surface area contributed by atoms with Crippen LogP contribution in [0.15, 0.2) is 48.5 Å². The minimum absolute atomic E-state index is 0.0207. The zero-order valence-corrected chi connectivity index (χ0v) is 29.8. The summed E-state index contributed by atoms with van der Waals surface area (Å²) in [5, 5.41) is 14.4. The lowest BCUT2D eigenvalue weighted by atomic mass is 9.87. The van der Waals surface area contributed by atoms with E-state index in [2.05, 4.69) is 48.5 Å². The normalized spacial score (nSPS) is 18.2. The first-order valence-electron chi connectivity index (χ1n) is 17.1. The van der Waals surface area contributed by atoms with Gasteiger partial charge in [-0.3, -0.25) is 14.4 Å². The fourth-order valence-electron chi connectivity index (χ4n) is 5.81. The van der Waals surface area contributed by atoms with Crippen LogP contribution in [0.2, 0.25) is 5.02 Å². The molecule has 5 rings (SSSR count). The SMILES string of the molecule is COC(=O)[C@H](CCNC(=O)C(=O)NC1CCC(C)CC1)NC(=O)c1ccc(Nc2nc(NC3(c4ccc(Cl)cc4)CC3)nc(OCC(F)(F)F)n2)cc1. The molecule has 2 saturated carbocycles.